The van der Waals surface area contributed by atoms with Crippen LogP contribution in [0.15, 0.2) is 83.8 Å². The number of amides is 4. The summed E-state index contributed by atoms with van der Waals surface area (Å²) in [6.07, 6.45) is 10.7. The Hall–Kier alpha value is -4.38. The van der Waals surface area contributed by atoms with Gasteiger partial charge in [-0.05, 0) is 99.7 Å². The highest BCUT2D eigenvalue weighted by atomic mass is 32.2. The molecule has 64 heavy (non-hydrogen) atoms. The molecular formula is C48H56N6O6S4. The zero-order valence-corrected chi connectivity index (χ0v) is 39.2. The topological polar surface area (TPSA) is 159 Å². The molecule has 0 spiro atoms. The second kappa shape index (κ2) is 22.2. The van der Waals surface area contributed by atoms with Gasteiger partial charge < -0.3 is 20.4 Å². The lowest BCUT2D eigenvalue weighted by Gasteiger charge is -2.41. The van der Waals surface area contributed by atoms with E-state index in [4.69, 9.17) is 0 Å². The molecule has 2 aromatic carbocycles. The molecule has 0 aliphatic carbocycles. The summed E-state index contributed by atoms with van der Waals surface area (Å²) in [4.78, 5) is 97.5. The largest absolute Gasteiger partial charge is 0.344 e. The van der Waals surface area contributed by atoms with Gasteiger partial charge in [0, 0.05) is 47.3 Å². The number of rotatable bonds is 17. The van der Waals surface area contributed by atoms with Crippen molar-refractivity contribution in [3.63, 3.8) is 0 Å². The predicted molar refractivity (Wildman–Crippen MR) is 254 cm³/mol. The average Bonchev–Trinajstić information content (AvgIpc) is 3.98. The van der Waals surface area contributed by atoms with E-state index in [1.54, 1.807) is 46.2 Å². The van der Waals surface area contributed by atoms with Crippen molar-refractivity contribution in [2.75, 3.05) is 16.8 Å². The van der Waals surface area contributed by atoms with Crippen molar-refractivity contribution in [1.82, 2.24) is 25.1 Å². The number of fused-ring (bicyclic) bond motifs is 2. The highest BCUT2D eigenvalue weighted by Gasteiger charge is 2.45. The lowest BCUT2D eigenvalue weighted by Crippen LogP contribution is -2.58. The number of hydrogen-bond acceptors (Lipinski definition) is 12. The van der Waals surface area contributed by atoms with Gasteiger partial charge in [0.05, 0.1) is 28.2 Å². The second-order valence-electron chi connectivity index (χ2n) is 17.3. The van der Waals surface area contributed by atoms with E-state index in [-0.39, 0.29) is 58.8 Å². The molecule has 2 N–H and O–H groups in total. The number of thiazole rings is 2. The molecule has 4 aliphatic rings. The van der Waals surface area contributed by atoms with Crippen LogP contribution in [0.1, 0.15) is 86.8 Å². The fourth-order valence-corrected chi connectivity index (χ4v) is 13.7. The van der Waals surface area contributed by atoms with Crippen molar-refractivity contribution in [3.8, 4) is 0 Å². The van der Waals surface area contributed by atoms with E-state index in [0.29, 0.717) is 62.3 Å². The molecule has 338 valence electrons. The molecule has 1 unspecified atom stereocenters. The van der Waals surface area contributed by atoms with Crippen LogP contribution in [0.2, 0.25) is 0 Å². The fourth-order valence-electron chi connectivity index (χ4n) is 9.73. The summed E-state index contributed by atoms with van der Waals surface area (Å²) in [5.41, 5.74) is 1.98. The Balaban J connectivity index is 0.984. The number of piperidine rings is 2. The lowest BCUT2D eigenvalue weighted by atomic mass is 9.82. The van der Waals surface area contributed by atoms with Gasteiger partial charge in [0.1, 0.15) is 17.9 Å². The lowest BCUT2D eigenvalue weighted by molar-refractivity contribution is -0.146. The minimum atomic E-state index is -0.798. The third-order valence-electron chi connectivity index (χ3n) is 13.0. The van der Waals surface area contributed by atoms with Crippen LogP contribution in [-0.4, -0.2) is 95.3 Å². The Bertz CT molecular complexity index is 2060. The number of ketones is 2. The Kier molecular flexibility index (Phi) is 16.0. The van der Waals surface area contributed by atoms with Gasteiger partial charge in [-0.3, -0.25) is 28.8 Å². The summed E-state index contributed by atoms with van der Waals surface area (Å²) < 4.78 is 0. The first kappa shape index (κ1) is 46.2. The normalized spacial score (nSPS) is 24.6. The summed E-state index contributed by atoms with van der Waals surface area (Å²) in [7, 11) is 0. The number of carbonyl (C=O) groups excluding carboxylic acids is 6. The van der Waals surface area contributed by atoms with Gasteiger partial charge in [-0.25, -0.2) is 9.97 Å². The number of anilines is 1. The first-order valence-electron chi connectivity index (χ1n) is 22.6. The molecule has 0 radical (unpaired) electrons. The van der Waals surface area contributed by atoms with Gasteiger partial charge in [0.15, 0.2) is 10.9 Å². The van der Waals surface area contributed by atoms with Gasteiger partial charge in [-0.15, -0.1) is 46.2 Å². The first-order chi connectivity index (χ1) is 31.2. The van der Waals surface area contributed by atoms with E-state index in [9.17, 15) is 28.8 Å². The van der Waals surface area contributed by atoms with E-state index in [2.05, 4.69) is 20.6 Å². The predicted octanol–water partition coefficient (Wildman–Crippen LogP) is 7.60. The second-order valence-corrected chi connectivity index (χ2v) is 21.7. The molecule has 2 aromatic heterocycles. The molecular weight excluding hydrogens is 885 g/mol. The third kappa shape index (κ3) is 11.5. The van der Waals surface area contributed by atoms with Gasteiger partial charge in [-0.2, -0.15) is 0 Å². The molecule has 12 nitrogen and oxygen atoms in total. The molecule has 0 saturated carbocycles. The van der Waals surface area contributed by atoms with Crippen molar-refractivity contribution in [2.45, 2.75) is 119 Å². The number of aromatic nitrogens is 2. The maximum atomic E-state index is 14.7. The summed E-state index contributed by atoms with van der Waals surface area (Å²) in [6, 6.07) is 17.7. The van der Waals surface area contributed by atoms with Crippen molar-refractivity contribution < 1.29 is 28.8 Å². The van der Waals surface area contributed by atoms with E-state index >= 15 is 0 Å². The summed E-state index contributed by atoms with van der Waals surface area (Å²) in [6.45, 7) is 0. The summed E-state index contributed by atoms with van der Waals surface area (Å²) in [5, 5.41) is 10.7. The Morgan fingerprint density at radius 1 is 0.688 bits per heavy atom. The zero-order valence-electron chi connectivity index (χ0n) is 35.9. The van der Waals surface area contributed by atoms with Crippen molar-refractivity contribution in [3.05, 3.63) is 100.0 Å². The van der Waals surface area contributed by atoms with Crippen LogP contribution in [0.25, 0.3) is 0 Å². The van der Waals surface area contributed by atoms with Crippen LogP contribution in [0.4, 0.5) is 5.13 Å². The number of carbonyl (C=O) groups is 6. The standard InChI is InChI=1S/C48H56N6O6S4/c55-39(29-35-19-23-62-42-15-7-13-37(53(42)46(35)59)40(56)30-41-49-21-25-61-41)33(27-31-9-3-1-4-10-31)17-18-34(28-32-11-5-2-6-12-32)44(57)51-36-20-24-63-43-16-8-14-38(54(43)47(36)60)45(58)52-48-50-22-26-64-48/h1-6,9-12,21-22,25-26,33-38,42-43H,7-8,13-20,23-24,27-30H2,(H,51,57)(H,50,52,58)/t33-,34-,35-,36?,37+,38+,42+,43+/m1/s1. The molecule has 8 atom stereocenters. The molecule has 16 heteroatoms. The molecule has 6 heterocycles. The van der Waals surface area contributed by atoms with Crippen LogP contribution in [-0.2, 0) is 48.0 Å². The number of nitrogens with one attached hydrogen (secondary N) is 2. The fraction of sp³-hybridized carbons (Fsp3) is 0.500. The van der Waals surface area contributed by atoms with E-state index in [0.717, 1.165) is 47.6 Å². The van der Waals surface area contributed by atoms with Crippen LogP contribution >= 0.6 is 46.2 Å². The number of thioether (sulfide) groups is 2. The number of hydrogen-bond donors (Lipinski definition) is 2. The van der Waals surface area contributed by atoms with Gasteiger partial charge in [-0.1, -0.05) is 60.7 Å². The van der Waals surface area contributed by atoms with Gasteiger partial charge in [0.25, 0.3) is 0 Å². The molecule has 4 saturated heterocycles. The first-order valence-corrected chi connectivity index (χ1v) is 26.5. The minimum absolute atomic E-state index is 0.00216. The van der Waals surface area contributed by atoms with Gasteiger partial charge >= 0.3 is 0 Å². The molecule has 8 rings (SSSR count). The monoisotopic (exact) mass is 940 g/mol. The Morgan fingerprint density at radius 3 is 1.95 bits per heavy atom. The highest BCUT2D eigenvalue weighted by Crippen LogP contribution is 2.39. The smallest absolute Gasteiger partial charge is 0.249 e. The number of Topliss-reactive ketones (excluding diaryl/α,β-unsaturated/α-hetero) is 2. The van der Waals surface area contributed by atoms with Crippen molar-refractivity contribution in [2.24, 2.45) is 17.8 Å². The van der Waals surface area contributed by atoms with Crippen LogP contribution < -0.4 is 10.6 Å². The van der Waals surface area contributed by atoms with Crippen LogP contribution in [0.5, 0.6) is 0 Å². The number of benzene rings is 2. The van der Waals surface area contributed by atoms with Crippen molar-refractivity contribution in [1.29, 1.82) is 0 Å². The summed E-state index contributed by atoms with van der Waals surface area (Å²) in [5.74, 6) is -1.03. The third-order valence-corrected chi connectivity index (χ3v) is 17.2. The van der Waals surface area contributed by atoms with E-state index in [1.165, 1.54) is 22.7 Å². The average molecular weight is 941 g/mol. The SMILES string of the molecule is O=C(C[C@H]1CCS[C@H]2CCC[C@@H](C(=O)Cc3nccs3)N2C1=O)[C@H](CC[C@H](Cc1ccccc1)C(=O)NC1CCS[C@H]2CCC[C@@H](C(=O)Nc3nccs3)N2C1=O)Cc1ccccc1. The molecule has 0 bridgehead atoms. The van der Waals surface area contributed by atoms with Crippen LogP contribution in [0, 0.1) is 17.8 Å². The van der Waals surface area contributed by atoms with E-state index in [1.807, 2.05) is 70.9 Å². The highest BCUT2D eigenvalue weighted by molar-refractivity contribution is 8.00. The van der Waals surface area contributed by atoms with E-state index < -0.39 is 35.9 Å². The Morgan fingerprint density at radius 2 is 1.30 bits per heavy atom. The van der Waals surface area contributed by atoms with Crippen LogP contribution in [0.3, 0.4) is 0 Å². The molecule has 4 fully saturated rings. The minimum Gasteiger partial charge on any atom is -0.344 e. The molecule has 4 amide bonds. The quantitative estimate of drug-likeness (QED) is 0.108. The molecule has 4 aliphatic heterocycles. The Labute approximate surface area is 391 Å². The van der Waals surface area contributed by atoms with Crippen molar-refractivity contribution >= 4 is 86.5 Å². The summed E-state index contributed by atoms with van der Waals surface area (Å²) >= 11 is 6.15. The molecule has 4 aromatic rings. The van der Waals surface area contributed by atoms with Gasteiger partial charge in [0.2, 0.25) is 23.6 Å². The zero-order chi connectivity index (χ0) is 44.4. The maximum absolute atomic E-state index is 14.7. The number of nitrogens with zero attached hydrogens (tertiary/aromatic N) is 4. The maximum Gasteiger partial charge on any atom is 0.249 e.